The highest BCUT2D eigenvalue weighted by molar-refractivity contribution is 5.85. The predicted octanol–water partition coefficient (Wildman–Crippen LogP) is -2.80. The highest BCUT2D eigenvalue weighted by atomic mass is 16.1. The minimum absolute atomic E-state index is 0.00413. The van der Waals surface area contributed by atoms with Crippen LogP contribution in [0.4, 0.5) is 0 Å². The van der Waals surface area contributed by atoms with Gasteiger partial charge in [0.25, 0.3) is 0 Å². The molecule has 1 aliphatic rings. The smallest absolute Gasteiger partial charge is 0.152 e. The van der Waals surface area contributed by atoms with Gasteiger partial charge in [0.05, 0.1) is 12.1 Å². The molecule has 0 heterocycles. The van der Waals surface area contributed by atoms with Crippen LogP contribution in [0.15, 0.2) is 0 Å². The van der Waals surface area contributed by atoms with E-state index in [0.717, 1.165) is 0 Å². The van der Waals surface area contributed by atoms with Crippen molar-refractivity contribution < 1.29 is 9.59 Å². The van der Waals surface area contributed by atoms with Gasteiger partial charge in [-0.15, -0.1) is 0 Å². The van der Waals surface area contributed by atoms with Crippen LogP contribution in [-0.2, 0) is 9.59 Å². The van der Waals surface area contributed by atoms with Crippen molar-refractivity contribution >= 4 is 11.6 Å². The number of carbonyl (C=O) groups excluding carboxylic acids is 2. The monoisotopic (exact) mass is 330 g/mol. The number of nitrogens with two attached hydrogens (primary N) is 4. The van der Waals surface area contributed by atoms with Crippen LogP contribution in [0.1, 0.15) is 44.9 Å². The number of carbonyl (C=O) groups is 2. The molecule has 1 rings (SSSR count). The fourth-order valence-electron chi connectivity index (χ4n) is 2.86. The van der Waals surface area contributed by atoms with Crippen molar-refractivity contribution in [3.8, 4) is 0 Å². The van der Waals surface area contributed by atoms with Gasteiger partial charge in [0.1, 0.15) is 0 Å². The number of hydrogen-bond acceptors (Lipinski definition) is 10. The zero-order valence-corrected chi connectivity index (χ0v) is 13.4. The van der Waals surface area contributed by atoms with Crippen molar-refractivity contribution in [1.29, 1.82) is 0 Å². The van der Waals surface area contributed by atoms with E-state index >= 15 is 0 Å². The summed E-state index contributed by atoms with van der Waals surface area (Å²) < 4.78 is 0. The third-order valence-corrected chi connectivity index (χ3v) is 4.40. The van der Waals surface area contributed by atoms with Crippen molar-refractivity contribution in [2.24, 2.45) is 23.4 Å². The molecule has 0 amide bonds. The van der Waals surface area contributed by atoms with Crippen molar-refractivity contribution in [3.63, 3.8) is 0 Å². The van der Waals surface area contributed by atoms with Gasteiger partial charge in [0, 0.05) is 24.9 Å². The van der Waals surface area contributed by atoms with Crippen LogP contribution in [0, 0.1) is 0 Å². The Labute approximate surface area is 136 Å². The van der Waals surface area contributed by atoms with Crippen LogP contribution >= 0.6 is 0 Å². The SMILES string of the molecule is NNC1CCC(NN)CC(=O)C(NN)CCCC(NN)C(=O)C1. The molecule has 0 aromatic heterocycles. The average molecular weight is 330 g/mol. The van der Waals surface area contributed by atoms with E-state index in [-0.39, 0.29) is 36.5 Å². The minimum atomic E-state index is -0.455. The first kappa shape index (κ1) is 20.1. The first-order chi connectivity index (χ1) is 11.0. The van der Waals surface area contributed by atoms with Crippen molar-refractivity contribution in [1.82, 2.24) is 21.7 Å². The summed E-state index contributed by atoms with van der Waals surface area (Å²) in [5.41, 5.74) is 10.4. The summed E-state index contributed by atoms with van der Waals surface area (Å²) in [4.78, 5) is 24.6. The molecule has 0 saturated heterocycles. The van der Waals surface area contributed by atoms with Crippen molar-refractivity contribution in [2.45, 2.75) is 69.1 Å². The highest BCUT2D eigenvalue weighted by Crippen LogP contribution is 2.15. The van der Waals surface area contributed by atoms with Crippen LogP contribution < -0.4 is 45.1 Å². The Hall–Kier alpha value is -0.980. The summed E-state index contributed by atoms with van der Waals surface area (Å²) in [7, 11) is 0. The molecule has 1 fully saturated rings. The Morgan fingerprint density at radius 1 is 0.652 bits per heavy atom. The van der Waals surface area contributed by atoms with Crippen LogP contribution in [0.5, 0.6) is 0 Å². The molecule has 10 heteroatoms. The standard InChI is InChI=1S/C13H30N8O2/c14-18-8-4-5-9(19-15)7-13(23)11(21-17)3-1-2-10(20-16)12(22)6-8/h8-11,18-21H,1-7,14-17H2. The molecular formula is C13H30N8O2. The quantitative estimate of drug-likeness (QED) is 0.197. The summed E-state index contributed by atoms with van der Waals surface area (Å²) in [6.45, 7) is 0. The molecule has 1 saturated carbocycles. The van der Waals surface area contributed by atoms with Crippen LogP contribution in [-0.4, -0.2) is 35.7 Å². The molecule has 4 atom stereocenters. The first-order valence-corrected chi connectivity index (χ1v) is 7.95. The zero-order valence-electron chi connectivity index (χ0n) is 13.4. The summed E-state index contributed by atoms with van der Waals surface area (Å²) in [6, 6.07) is -1.28. The summed E-state index contributed by atoms with van der Waals surface area (Å²) in [5.74, 6) is 22.0. The number of Topliss-reactive ketones (excluding diaryl/α,β-unsaturated/α-hetero) is 2. The second-order valence-electron chi connectivity index (χ2n) is 6.01. The second-order valence-corrected chi connectivity index (χ2v) is 6.01. The first-order valence-electron chi connectivity index (χ1n) is 7.95. The van der Waals surface area contributed by atoms with Gasteiger partial charge in [-0.05, 0) is 32.1 Å². The largest absolute Gasteiger partial charge is 0.298 e. The lowest BCUT2D eigenvalue weighted by Crippen LogP contribution is -2.46. The van der Waals surface area contributed by atoms with E-state index in [1.54, 1.807) is 0 Å². The van der Waals surface area contributed by atoms with Gasteiger partial charge >= 0.3 is 0 Å². The number of nitrogens with one attached hydrogen (secondary N) is 4. The molecule has 134 valence electrons. The van der Waals surface area contributed by atoms with Gasteiger partial charge in [-0.25, -0.2) is 10.9 Å². The molecule has 23 heavy (non-hydrogen) atoms. The lowest BCUT2D eigenvalue weighted by atomic mass is 9.97. The topological polar surface area (TPSA) is 186 Å². The minimum Gasteiger partial charge on any atom is -0.298 e. The molecule has 0 aliphatic heterocycles. The molecule has 12 N–H and O–H groups in total. The van der Waals surface area contributed by atoms with Crippen LogP contribution in [0.2, 0.25) is 0 Å². The molecule has 0 aromatic rings. The van der Waals surface area contributed by atoms with Crippen LogP contribution in [0.3, 0.4) is 0 Å². The molecule has 4 unspecified atom stereocenters. The van der Waals surface area contributed by atoms with Gasteiger partial charge in [0.15, 0.2) is 11.6 Å². The molecular weight excluding hydrogens is 300 g/mol. The molecule has 1 aliphatic carbocycles. The van der Waals surface area contributed by atoms with Gasteiger partial charge in [-0.3, -0.25) is 43.8 Å². The Kier molecular flexibility index (Phi) is 9.36. The highest BCUT2D eigenvalue weighted by Gasteiger charge is 2.26. The average Bonchev–Trinajstić information content (AvgIpc) is 2.57. The van der Waals surface area contributed by atoms with E-state index in [9.17, 15) is 9.59 Å². The summed E-state index contributed by atoms with van der Waals surface area (Å²) in [6.07, 6.45) is 3.49. The summed E-state index contributed by atoms with van der Waals surface area (Å²) >= 11 is 0. The van der Waals surface area contributed by atoms with Gasteiger partial charge in [-0.2, -0.15) is 0 Å². The fraction of sp³-hybridized carbons (Fsp3) is 0.846. The molecule has 0 spiro atoms. The maximum Gasteiger partial charge on any atom is 0.152 e. The number of hydrazine groups is 4. The number of hydrogen-bond donors (Lipinski definition) is 8. The van der Waals surface area contributed by atoms with E-state index in [0.29, 0.717) is 32.1 Å². The summed E-state index contributed by atoms with van der Waals surface area (Å²) in [5, 5.41) is 0. The van der Waals surface area contributed by atoms with Gasteiger partial charge in [0.2, 0.25) is 0 Å². The Balaban J connectivity index is 2.84. The molecule has 0 radical (unpaired) electrons. The van der Waals surface area contributed by atoms with E-state index < -0.39 is 12.1 Å². The maximum atomic E-state index is 12.3. The Morgan fingerprint density at radius 3 is 1.35 bits per heavy atom. The number of rotatable bonds is 4. The molecule has 10 nitrogen and oxygen atoms in total. The normalized spacial score (nSPS) is 32.0. The third-order valence-electron chi connectivity index (χ3n) is 4.40. The van der Waals surface area contributed by atoms with Gasteiger partial charge < -0.3 is 0 Å². The number of ketones is 2. The fourth-order valence-corrected chi connectivity index (χ4v) is 2.86. The van der Waals surface area contributed by atoms with E-state index in [1.165, 1.54) is 0 Å². The van der Waals surface area contributed by atoms with E-state index in [2.05, 4.69) is 21.7 Å². The molecule has 0 aromatic carbocycles. The maximum absolute atomic E-state index is 12.3. The van der Waals surface area contributed by atoms with Crippen molar-refractivity contribution in [3.05, 3.63) is 0 Å². The van der Waals surface area contributed by atoms with Crippen molar-refractivity contribution in [2.75, 3.05) is 0 Å². The Morgan fingerprint density at radius 2 is 1.04 bits per heavy atom. The Bertz CT molecular complexity index is 347. The predicted molar refractivity (Wildman–Crippen MR) is 86.8 cm³/mol. The van der Waals surface area contributed by atoms with Crippen LogP contribution in [0.25, 0.3) is 0 Å². The van der Waals surface area contributed by atoms with Gasteiger partial charge in [-0.1, -0.05) is 0 Å². The zero-order chi connectivity index (χ0) is 17.2. The lowest BCUT2D eigenvalue weighted by Gasteiger charge is -2.21. The third kappa shape index (κ3) is 6.57. The van der Waals surface area contributed by atoms with E-state index in [1.807, 2.05) is 0 Å². The lowest BCUT2D eigenvalue weighted by molar-refractivity contribution is -0.122. The second kappa shape index (κ2) is 10.7. The molecule has 0 bridgehead atoms. The van der Waals surface area contributed by atoms with E-state index in [4.69, 9.17) is 23.4 Å².